The molecule has 1 aliphatic rings. The van der Waals surface area contributed by atoms with Crippen molar-refractivity contribution in [3.8, 4) is 11.5 Å². The number of rotatable bonds is 10. The lowest BCUT2D eigenvalue weighted by Gasteiger charge is -2.14. The van der Waals surface area contributed by atoms with E-state index in [2.05, 4.69) is 21.2 Å². The zero-order valence-corrected chi connectivity index (χ0v) is 25.0. The fraction of sp³-hybridized carbons (Fsp3) is 0.172. The highest BCUT2D eigenvalue weighted by Gasteiger charge is 2.36. The van der Waals surface area contributed by atoms with Crippen LogP contribution in [0.5, 0.6) is 11.5 Å². The Balaban J connectivity index is 1.40. The topological polar surface area (TPSA) is 145 Å². The van der Waals surface area contributed by atoms with Gasteiger partial charge < -0.3 is 14.8 Å². The maximum Gasteiger partial charge on any atom is 0.293 e. The van der Waals surface area contributed by atoms with Gasteiger partial charge in [0.05, 0.1) is 23.5 Å². The fourth-order valence-corrected chi connectivity index (χ4v) is 5.21. The zero-order valence-electron chi connectivity index (χ0n) is 22.6. The van der Waals surface area contributed by atoms with Crippen molar-refractivity contribution in [1.29, 1.82) is 0 Å². The monoisotopic (exact) mass is 653 g/mol. The third-order valence-electron chi connectivity index (χ3n) is 6.41. The molecule has 0 atom stereocenters. The summed E-state index contributed by atoms with van der Waals surface area (Å²) >= 11 is 4.15. The SMILES string of the molecule is COc1cc(/C=C2/SC(=O)N(CC(=O)c3ccc([N+](=O)[O-])cc3)C2=O)ccc1OCC(=O)Nc1ccc(Br)c(C)c1C. The van der Waals surface area contributed by atoms with Crippen LogP contribution in [0.3, 0.4) is 0 Å². The summed E-state index contributed by atoms with van der Waals surface area (Å²) in [6, 6.07) is 13.4. The van der Waals surface area contributed by atoms with E-state index in [1.165, 1.54) is 37.5 Å². The molecule has 3 aromatic carbocycles. The molecule has 3 aromatic rings. The average molecular weight is 654 g/mol. The normalized spacial score (nSPS) is 13.8. The number of halogens is 1. The van der Waals surface area contributed by atoms with Crippen LogP contribution >= 0.6 is 27.7 Å². The van der Waals surface area contributed by atoms with Gasteiger partial charge in [0.25, 0.3) is 22.7 Å². The van der Waals surface area contributed by atoms with Crippen LogP contribution in [0.15, 0.2) is 64.0 Å². The Morgan fingerprint density at radius 3 is 2.43 bits per heavy atom. The van der Waals surface area contributed by atoms with Crippen LogP contribution in [0.25, 0.3) is 6.08 Å². The summed E-state index contributed by atoms with van der Waals surface area (Å²) in [6.07, 6.45) is 1.49. The van der Waals surface area contributed by atoms with Crippen molar-refractivity contribution in [3.05, 3.63) is 96.3 Å². The van der Waals surface area contributed by atoms with Crippen LogP contribution in [-0.4, -0.2) is 52.9 Å². The smallest absolute Gasteiger partial charge is 0.293 e. The molecule has 0 radical (unpaired) electrons. The highest BCUT2D eigenvalue weighted by molar-refractivity contribution is 9.10. The van der Waals surface area contributed by atoms with Crippen molar-refractivity contribution < 1.29 is 33.6 Å². The number of ether oxygens (including phenoxy) is 2. The van der Waals surface area contributed by atoms with E-state index in [0.29, 0.717) is 34.5 Å². The van der Waals surface area contributed by atoms with Crippen molar-refractivity contribution in [3.63, 3.8) is 0 Å². The van der Waals surface area contributed by atoms with Gasteiger partial charge in [0, 0.05) is 27.9 Å². The van der Waals surface area contributed by atoms with Gasteiger partial charge in [-0.2, -0.15) is 0 Å². The highest BCUT2D eigenvalue weighted by atomic mass is 79.9. The fourth-order valence-electron chi connectivity index (χ4n) is 3.94. The molecular formula is C29H24BrN3O8S. The van der Waals surface area contributed by atoms with Crippen LogP contribution in [0.4, 0.5) is 16.2 Å². The summed E-state index contributed by atoms with van der Waals surface area (Å²) in [4.78, 5) is 61.7. The van der Waals surface area contributed by atoms with Gasteiger partial charge in [-0.3, -0.25) is 34.2 Å². The number of non-ortho nitro benzene ring substituents is 1. The summed E-state index contributed by atoms with van der Waals surface area (Å²) in [6.45, 7) is 3.08. The van der Waals surface area contributed by atoms with Crippen molar-refractivity contribution in [1.82, 2.24) is 4.90 Å². The number of thioether (sulfide) groups is 1. The Labute approximate surface area is 253 Å². The molecule has 0 saturated carbocycles. The molecule has 1 N–H and O–H groups in total. The van der Waals surface area contributed by atoms with E-state index in [1.54, 1.807) is 24.3 Å². The maximum atomic E-state index is 12.9. The molecule has 3 amide bonds. The van der Waals surface area contributed by atoms with E-state index in [4.69, 9.17) is 9.47 Å². The van der Waals surface area contributed by atoms with Crippen LogP contribution in [0.1, 0.15) is 27.0 Å². The van der Waals surface area contributed by atoms with Gasteiger partial charge in [0.15, 0.2) is 23.9 Å². The Morgan fingerprint density at radius 2 is 1.76 bits per heavy atom. The minimum absolute atomic E-state index is 0.103. The van der Waals surface area contributed by atoms with Crippen molar-refractivity contribution in [2.24, 2.45) is 0 Å². The molecule has 1 aliphatic heterocycles. The van der Waals surface area contributed by atoms with Crippen LogP contribution in [0, 0.1) is 24.0 Å². The number of hydrogen-bond donors (Lipinski definition) is 1. The molecule has 0 aromatic heterocycles. The number of carbonyl (C=O) groups excluding carboxylic acids is 4. The molecule has 1 saturated heterocycles. The summed E-state index contributed by atoms with van der Waals surface area (Å²) in [5.41, 5.74) is 3.10. The van der Waals surface area contributed by atoms with E-state index in [-0.39, 0.29) is 28.7 Å². The number of nitrogens with one attached hydrogen (secondary N) is 1. The van der Waals surface area contributed by atoms with Gasteiger partial charge in [-0.25, -0.2) is 0 Å². The number of nitrogens with zero attached hydrogens (tertiary/aromatic N) is 2. The number of ketones is 1. The molecule has 42 heavy (non-hydrogen) atoms. The third-order valence-corrected chi connectivity index (χ3v) is 8.18. The first-order valence-corrected chi connectivity index (χ1v) is 14.0. The Morgan fingerprint density at radius 1 is 1.05 bits per heavy atom. The lowest BCUT2D eigenvalue weighted by molar-refractivity contribution is -0.384. The quantitative estimate of drug-likeness (QED) is 0.122. The Bertz CT molecular complexity index is 1640. The Hall–Kier alpha value is -4.49. The number of anilines is 1. The van der Waals surface area contributed by atoms with E-state index in [0.717, 1.165) is 20.5 Å². The number of imide groups is 1. The molecule has 1 fully saturated rings. The van der Waals surface area contributed by atoms with Crippen LogP contribution in [-0.2, 0) is 9.59 Å². The molecule has 216 valence electrons. The molecule has 11 nitrogen and oxygen atoms in total. The Kier molecular flexibility index (Phi) is 9.43. The summed E-state index contributed by atoms with van der Waals surface area (Å²) in [5.74, 6) is -0.932. The lowest BCUT2D eigenvalue weighted by Crippen LogP contribution is -2.33. The first-order chi connectivity index (χ1) is 20.0. The number of nitro groups is 1. The molecule has 4 rings (SSSR count). The minimum Gasteiger partial charge on any atom is -0.493 e. The van der Waals surface area contributed by atoms with E-state index >= 15 is 0 Å². The summed E-state index contributed by atoms with van der Waals surface area (Å²) in [7, 11) is 1.43. The van der Waals surface area contributed by atoms with Gasteiger partial charge in [-0.05, 0) is 84.8 Å². The molecule has 0 aliphatic carbocycles. The second-order valence-electron chi connectivity index (χ2n) is 9.09. The predicted molar refractivity (Wildman–Crippen MR) is 161 cm³/mol. The first kappa shape index (κ1) is 30.5. The second kappa shape index (κ2) is 13.0. The van der Waals surface area contributed by atoms with Gasteiger partial charge in [-0.1, -0.05) is 22.0 Å². The second-order valence-corrected chi connectivity index (χ2v) is 10.9. The average Bonchev–Trinajstić information content (AvgIpc) is 3.23. The van der Waals surface area contributed by atoms with E-state index < -0.39 is 28.4 Å². The standard InChI is InChI=1S/C29H24BrN3O8S/c1-16-17(2)22(10-9-21(16)30)31-27(35)15-41-24-11-4-18(12-25(24)40-3)13-26-28(36)32(29(37)42-26)14-23(34)19-5-7-20(8-6-19)33(38)39/h4-13H,14-15H2,1-3H3,(H,31,35)/b26-13+. The third kappa shape index (κ3) is 6.86. The molecule has 0 spiro atoms. The lowest BCUT2D eigenvalue weighted by atomic mass is 10.1. The maximum absolute atomic E-state index is 12.9. The molecule has 1 heterocycles. The number of benzene rings is 3. The highest BCUT2D eigenvalue weighted by Crippen LogP contribution is 2.35. The number of hydrogen-bond acceptors (Lipinski definition) is 9. The summed E-state index contributed by atoms with van der Waals surface area (Å²) < 4.78 is 12.0. The summed E-state index contributed by atoms with van der Waals surface area (Å²) in [5, 5.41) is 13.0. The number of amides is 3. The number of carbonyl (C=O) groups is 4. The predicted octanol–water partition coefficient (Wildman–Crippen LogP) is 5.92. The molecular weight excluding hydrogens is 630 g/mol. The zero-order chi connectivity index (χ0) is 30.6. The van der Waals surface area contributed by atoms with Crippen molar-refractivity contribution in [2.75, 3.05) is 25.6 Å². The van der Waals surface area contributed by atoms with E-state index in [9.17, 15) is 29.3 Å². The number of methoxy groups -OCH3 is 1. The van der Waals surface area contributed by atoms with Crippen LogP contribution in [0.2, 0.25) is 0 Å². The molecule has 0 unspecified atom stereocenters. The van der Waals surface area contributed by atoms with Crippen molar-refractivity contribution >= 4 is 68.0 Å². The number of nitro benzene ring substituents is 1. The van der Waals surface area contributed by atoms with Gasteiger partial charge >= 0.3 is 0 Å². The largest absolute Gasteiger partial charge is 0.493 e. The molecule has 0 bridgehead atoms. The number of Topliss-reactive ketones (excluding diaryl/α,β-unsaturated/α-hetero) is 1. The first-order valence-electron chi connectivity index (χ1n) is 12.4. The van der Waals surface area contributed by atoms with Gasteiger partial charge in [-0.15, -0.1) is 0 Å². The van der Waals surface area contributed by atoms with Gasteiger partial charge in [0.2, 0.25) is 0 Å². The van der Waals surface area contributed by atoms with Crippen LogP contribution < -0.4 is 14.8 Å². The van der Waals surface area contributed by atoms with E-state index in [1.807, 2.05) is 19.9 Å². The minimum atomic E-state index is -0.644. The molecule has 13 heteroatoms. The van der Waals surface area contributed by atoms with Gasteiger partial charge in [0.1, 0.15) is 0 Å². The van der Waals surface area contributed by atoms with Crippen molar-refractivity contribution in [2.45, 2.75) is 13.8 Å².